The van der Waals surface area contributed by atoms with Gasteiger partial charge in [-0.25, -0.2) is 0 Å². The predicted molar refractivity (Wildman–Crippen MR) is 115 cm³/mol. The molecule has 0 radical (unpaired) electrons. The van der Waals surface area contributed by atoms with E-state index in [1.54, 1.807) is 6.33 Å². The molecular weight excluding hydrogens is 374 g/mol. The van der Waals surface area contributed by atoms with E-state index >= 15 is 0 Å². The zero-order chi connectivity index (χ0) is 19.9. The second kappa shape index (κ2) is 9.78. The molecule has 0 saturated carbocycles. The third-order valence-corrected chi connectivity index (χ3v) is 5.28. The Balaban J connectivity index is 1.60. The van der Waals surface area contributed by atoms with Crippen molar-refractivity contribution in [3.63, 3.8) is 0 Å². The summed E-state index contributed by atoms with van der Waals surface area (Å²) in [6.07, 6.45) is 2.67. The van der Waals surface area contributed by atoms with Gasteiger partial charge in [-0.15, -0.1) is 10.2 Å². The Morgan fingerprint density at radius 3 is 2.71 bits per heavy atom. The predicted octanol–water partition coefficient (Wildman–Crippen LogP) is 2.59. The van der Waals surface area contributed by atoms with E-state index in [0.29, 0.717) is 6.54 Å². The third-order valence-electron chi connectivity index (χ3n) is 5.04. The lowest BCUT2D eigenvalue weighted by atomic mass is 10.1. The van der Waals surface area contributed by atoms with Crippen LogP contribution >= 0.6 is 11.6 Å². The molecule has 1 aromatic carbocycles. The second-order valence-electron chi connectivity index (χ2n) is 6.93. The van der Waals surface area contributed by atoms with Gasteiger partial charge >= 0.3 is 0 Å². The summed E-state index contributed by atoms with van der Waals surface area (Å²) in [5.41, 5.74) is 2.49. The number of halogens is 1. The molecule has 0 unspecified atom stereocenters. The number of aromatic nitrogens is 3. The first kappa shape index (κ1) is 20.5. The quantitative estimate of drug-likeness (QED) is 0.593. The van der Waals surface area contributed by atoms with E-state index in [1.807, 2.05) is 6.07 Å². The number of benzene rings is 1. The van der Waals surface area contributed by atoms with E-state index < -0.39 is 0 Å². The number of rotatable bonds is 6. The van der Waals surface area contributed by atoms with Gasteiger partial charge in [-0.05, 0) is 31.5 Å². The molecule has 2 aromatic rings. The minimum atomic E-state index is 0.709. The zero-order valence-electron chi connectivity index (χ0n) is 17.0. The topological polar surface area (TPSA) is 61.6 Å². The average Bonchev–Trinajstić information content (AvgIpc) is 3.17. The highest BCUT2D eigenvalue weighted by Gasteiger charge is 2.21. The van der Waals surface area contributed by atoms with Crippen LogP contribution in [0.4, 0.5) is 5.69 Å². The Morgan fingerprint density at radius 1 is 1.21 bits per heavy atom. The number of hydrogen-bond donors (Lipinski definition) is 1. The van der Waals surface area contributed by atoms with Gasteiger partial charge in [0.2, 0.25) is 0 Å². The van der Waals surface area contributed by atoms with Crippen molar-refractivity contribution in [3.8, 4) is 0 Å². The Hall–Kier alpha value is -2.28. The highest BCUT2D eigenvalue weighted by molar-refractivity contribution is 6.30. The molecule has 1 aromatic heterocycles. The van der Waals surface area contributed by atoms with E-state index in [1.165, 1.54) is 11.3 Å². The molecule has 1 aliphatic rings. The van der Waals surface area contributed by atoms with Crippen LogP contribution in [0.25, 0.3) is 0 Å². The fourth-order valence-electron chi connectivity index (χ4n) is 3.51. The largest absolute Gasteiger partial charge is 0.368 e. The van der Waals surface area contributed by atoms with Crippen LogP contribution < -0.4 is 10.2 Å². The molecule has 28 heavy (non-hydrogen) atoms. The highest BCUT2D eigenvalue weighted by atomic mass is 35.5. The van der Waals surface area contributed by atoms with E-state index in [-0.39, 0.29) is 0 Å². The van der Waals surface area contributed by atoms with Gasteiger partial charge in [-0.2, -0.15) is 0 Å². The van der Waals surface area contributed by atoms with Crippen molar-refractivity contribution in [1.29, 1.82) is 0 Å². The fourth-order valence-corrected chi connectivity index (χ4v) is 3.68. The summed E-state index contributed by atoms with van der Waals surface area (Å²) >= 11 is 6.20. The van der Waals surface area contributed by atoms with Crippen LogP contribution in [0.1, 0.15) is 25.2 Å². The molecule has 0 aliphatic carbocycles. The van der Waals surface area contributed by atoms with Gasteiger partial charge in [0.05, 0.1) is 6.54 Å². The molecule has 0 spiro atoms. The van der Waals surface area contributed by atoms with Gasteiger partial charge in [0, 0.05) is 56.4 Å². The lowest BCUT2D eigenvalue weighted by Crippen LogP contribution is -2.52. The van der Waals surface area contributed by atoms with Crippen LogP contribution in [-0.4, -0.2) is 64.9 Å². The minimum absolute atomic E-state index is 0.709. The average molecular weight is 404 g/mol. The second-order valence-corrected chi connectivity index (χ2v) is 7.37. The van der Waals surface area contributed by atoms with Crippen LogP contribution in [0.5, 0.6) is 0 Å². The molecular formula is C20H30ClN7. The van der Waals surface area contributed by atoms with Crippen LogP contribution in [0, 0.1) is 6.92 Å². The summed E-state index contributed by atoms with van der Waals surface area (Å²) in [6, 6.07) is 6.10. The fraction of sp³-hybridized carbons (Fsp3) is 0.550. The van der Waals surface area contributed by atoms with Crippen molar-refractivity contribution in [2.75, 3.05) is 44.2 Å². The smallest absolute Gasteiger partial charge is 0.194 e. The van der Waals surface area contributed by atoms with Gasteiger partial charge in [0.15, 0.2) is 5.96 Å². The summed E-state index contributed by atoms with van der Waals surface area (Å²) in [7, 11) is 0. The first-order valence-corrected chi connectivity index (χ1v) is 10.4. The number of piperazine rings is 1. The number of nitrogens with one attached hydrogen (secondary N) is 1. The van der Waals surface area contributed by atoms with Gasteiger partial charge < -0.3 is 19.7 Å². The van der Waals surface area contributed by atoms with Crippen molar-refractivity contribution < 1.29 is 0 Å². The van der Waals surface area contributed by atoms with Crippen LogP contribution in [-0.2, 0) is 13.0 Å². The normalized spacial score (nSPS) is 15.2. The molecule has 3 rings (SSSR count). The highest BCUT2D eigenvalue weighted by Crippen LogP contribution is 2.25. The molecule has 1 fully saturated rings. The first-order chi connectivity index (χ1) is 13.6. The Morgan fingerprint density at radius 2 is 2.00 bits per heavy atom. The van der Waals surface area contributed by atoms with Gasteiger partial charge in [-0.1, -0.05) is 24.6 Å². The molecule has 2 heterocycles. The number of aryl methyl sites for hydroxylation is 2. The maximum Gasteiger partial charge on any atom is 0.194 e. The first-order valence-electron chi connectivity index (χ1n) is 10.0. The lowest BCUT2D eigenvalue weighted by Gasteiger charge is -2.38. The summed E-state index contributed by atoms with van der Waals surface area (Å²) in [5.74, 6) is 1.99. The molecule has 1 saturated heterocycles. The monoisotopic (exact) mass is 403 g/mol. The van der Waals surface area contributed by atoms with Crippen molar-refractivity contribution in [2.45, 2.75) is 33.7 Å². The van der Waals surface area contributed by atoms with Gasteiger partial charge in [0.1, 0.15) is 12.2 Å². The Kier molecular flexibility index (Phi) is 7.14. The maximum absolute atomic E-state index is 6.20. The number of nitrogens with zero attached hydrogens (tertiary/aromatic N) is 6. The third kappa shape index (κ3) is 4.95. The van der Waals surface area contributed by atoms with Crippen LogP contribution in [0.3, 0.4) is 0 Å². The summed E-state index contributed by atoms with van der Waals surface area (Å²) < 4.78 is 2.08. The molecule has 152 valence electrons. The zero-order valence-corrected chi connectivity index (χ0v) is 17.8. The molecule has 8 heteroatoms. The number of anilines is 1. The summed E-state index contributed by atoms with van der Waals surface area (Å²) in [4.78, 5) is 9.58. The van der Waals surface area contributed by atoms with Crippen LogP contribution in [0.2, 0.25) is 5.02 Å². The maximum atomic E-state index is 6.20. The molecule has 1 N–H and O–H groups in total. The molecule has 1 aliphatic heterocycles. The summed E-state index contributed by atoms with van der Waals surface area (Å²) in [5, 5.41) is 12.3. The molecule has 0 amide bonds. The Labute approximate surface area is 172 Å². The van der Waals surface area contributed by atoms with Gasteiger partial charge in [0.25, 0.3) is 0 Å². The number of guanidine groups is 1. The minimum Gasteiger partial charge on any atom is -0.368 e. The SMILES string of the molecule is CCNC(=NCCn1cnnc1CC)N1CCN(c2cc(Cl)ccc2C)CC1. The van der Waals surface area contributed by atoms with Crippen molar-refractivity contribution >= 4 is 23.2 Å². The lowest BCUT2D eigenvalue weighted by molar-refractivity contribution is 0.372. The number of hydrogen-bond acceptors (Lipinski definition) is 4. The van der Waals surface area contributed by atoms with Crippen molar-refractivity contribution in [1.82, 2.24) is 25.0 Å². The standard InChI is InChI=1S/C20H30ClN7/c1-4-19-25-24-15-28(19)9-8-23-20(22-5-2)27-12-10-26(11-13-27)18-14-17(21)7-6-16(18)3/h6-7,14-15H,4-5,8-13H2,1-3H3,(H,22,23). The van der Waals surface area contributed by atoms with Crippen molar-refractivity contribution in [2.24, 2.45) is 4.99 Å². The summed E-state index contributed by atoms with van der Waals surface area (Å²) in [6.45, 7) is 12.5. The molecule has 7 nitrogen and oxygen atoms in total. The van der Waals surface area contributed by atoms with E-state index in [4.69, 9.17) is 16.6 Å². The van der Waals surface area contributed by atoms with Gasteiger partial charge in [-0.3, -0.25) is 4.99 Å². The van der Waals surface area contributed by atoms with E-state index in [0.717, 1.165) is 62.5 Å². The van der Waals surface area contributed by atoms with Crippen LogP contribution in [0.15, 0.2) is 29.5 Å². The number of aliphatic imine (C=N–C) groups is 1. The van der Waals surface area contributed by atoms with E-state index in [2.05, 4.69) is 62.8 Å². The van der Waals surface area contributed by atoms with Crippen molar-refractivity contribution in [3.05, 3.63) is 40.9 Å². The van der Waals surface area contributed by atoms with E-state index in [9.17, 15) is 0 Å². The molecule has 0 atom stereocenters. The molecule has 0 bridgehead atoms. The Bertz CT molecular complexity index is 794.